The van der Waals surface area contributed by atoms with Crippen LogP contribution in [0.25, 0.3) is 10.9 Å². The van der Waals surface area contributed by atoms with Crippen LogP contribution < -0.4 is 5.32 Å². The Morgan fingerprint density at radius 2 is 2.10 bits per heavy atom. The third-order valence-corrected chi connectivity index (χ3v) is 5.22. The fourth-order valence-electron chi connectivity index (χ4n) is 1.94. The molecule has 0 fully saturated rings. The number of benzene rings is 1. The zero-order valence-corrected chi connectivity index (χ0v) is 12.8. The van der Waals surface area contributed by atoms with E-state index in [2.05, 4.69) is 10.3 Å². The second kappa shape index (κ2) is 6.41. The Labute approximate surface area is 124 Å². The number of hydrogen-bond donors (Lipinski definition) is 1. The first-order chi connectivity index (χ1) is 9.53. The molecule has 0 unspecified atom stereocenters. The maximum absolute atomic E-state index is 11.4. The number of hydrogen-bond acceptors (Lipinski definition) is 4. The van der Waals surface area contributed by atoms with E-state index in [1.165, 1.54) is 0 Å². The summed E-state index contributed by atoms with van der Waals surface area (Å²) in [5.41, 5.74) is 1.68. The lowest BCUT2D eigenvalue weighted by Crippen LogP contribution is -2.13. The molecular formula is C14H17ClN2O2S. The molecule has 0 atom stereocenters. The molecule has 0 aliphatic rings. The Morgan fingerprint density at radius 1 is 1.30 bits per heavy atom. The highest BCUT2D eigenvalue weighted by molar-refractivity contribution is 7.91. The van der Waals surface area contributed by atoms with E-state index in [1.807, 2.05) is 24.3 Å². The highest BCUT2D eigenvalue weighted by atomic mass is 35.5. The standard InChI is InChI=1S/C14H17ClN2O2S/c1-2-20(18,19)10-4-9-16-13-7-6-12(15)11-5-3-8-17-14(11)13/h3,5-8,16H,2,4,9-10H2,1H3. The van der Waals surface area contributed by atoms with Gasteiger partial charge in [-0.2, -0.15) is 0 Å². The van der Waals surface area contributed by atoms with Gasteiger partial charge in [0.05, 0.1) is 22.0 Å². The van der Waals surface area contributed by atoms with E-state index in [0.717, 1.165) is 16.6 Å². The van der Waals surface area contributed by atoms with Gasteiger partial charge in [0.1, 0.15) is 9.84 Å². The summed E-state index contributed by atoms with van der Waals surface area (Å²) in [6, 6.07) is 7.44. The van der Waals surface area contributed by atoms with Gasteiger partial charge in [-0.1, -0.05) is 18.5 Å². The molecule has 0 radical (unpaired) electrons. The van der Waals surface area contributed by atoms with Crippen LogP contribution in [-0.2, 0) is 9.84 Å². The van der Waals surface area contributed by atoms with Crippen molar-refractivity contribution in [2.45, 2.75) is 13.3 Å². The monoisotopic (exact) mass is 312 g/mol. The van der Waals surface area contributed by atoms with Crippen molar-refractivity contribution in [3.05, 3.63) is 35.5 Å². The highest BCUT2D eigenvalue weighted by Gasteiger charge is 2.08. The normalized spacial score (nSPS) is 11.7. The van der Waals surface area contributed by atoms with Crippen molar-refractivity contribution in [3.63, 3.8) is 0 Å². The molecule has 0 aliphatic heterocycles. The van der Waals surface area contributed by atoms with Crippen molar-refractivity contribution in [2.24, 2.45) is 0 Å². The first-order valence-corrected chi connectivity index (χ1v) is 8.71. The zero-order valence-electron chi connectivity index (χ0n) is 11.3. The quantitative estimate of drug-likeness (QED) is 0.833. The van der Waals surface area contributed by atoms with Gasteiger partial charge in [-0.25, -0.2) is 8.42 Å². The number of pyridine rings is 1. The zero-order chi connectivity index (χ0) is 14.6. The van der Waals surface area contributed by atoms with Gasteiger partial charge in [-0.15, -0.1) is 0 Å². The molecule has 1 aromatic heterocycles. The van der Waals surface area contributed by atoms with E-state index in [-0.39, 0.29) is 11.5 Å². The largest absolute Gasteiger partial charge is 0.383 e. The van der Waals surface area contributed by atoms with Crippen LogP contribution in [0, 0.1) is 0 Å². The van der Waals surface area contributed by atoms with Crippen molar-refractivity contribution >= 4 is 38.0 Å². The van der Waals surface area contributed by atoms with Crippen LogP contribution >= 0.6 is 11.6 Å². The van der Waals surface area contributed by atoms with Crippen molar-refractivity contribution in [3.8, 4) is 0 Å². The number of anilines is 1. The fraction of sp³-hybridized carbons (Fsp3) is 0.357. The molecular weight excluding hydrogens is 296 g/mol. The Hall–Kier alpha value is -1.33. The third kappa shape index (κ3) is 3.61. The van der Waals surface area contributed by atoms with E-state index in [9.17, 15) is 8.42 Å². The van der Waals surface area contributed by atoms with E-state index in [4.69, 9.17) is 11.6 Å². The molecule has 4 nitrogen and oxygen atoms in total. The van der Waals surface area contributed by atoms with E-state index >= 15 is 0 Å². The molecule has 0 saturated heterocycles. The average Bonchev–Trinajstić information content (AvgIpc) is 2.46. The first-order valence-electron chi connectivity index (χ1n) is 6.51. The van der Waals surface area contributed by atoms with Gasteiger partial charge in [-0.3, -0.25) is 4.98 Å². The number of nitrogens with one attached hydrogen (secondary N) is 1. The number of fused-ring (bicyclic) bond motifs is 1. The molecule has 0 spiro atoms. The molecule has 2 rings (SSSR count). The maximum atomic E-state index is 11.4. The molecule has 0 aliphatic carbocycles. The summed E-state index contributed by atoms with van der Waals surface area (Å²) in [5, 5.41) is 4.77. The molecule has 1 aromatic carbocycles. The minimum absolute atomic E-state index is 0.193. The molecule has 0 bridgehead atoms. The number of aromatic nitrogens is 1. The molecule has 1 heterocycles. The molecule has 0 amide bonds. The van der Waals surface area contributed by atoms with Crippen LogP contribution in [0.1, 0.15) is 13.3 Å². The van der Waals surface area contributed by atoms with Crippen molar-refractivity contribution in [2.75, 3.05) is 23.4 Å². The van der Waals surface area contributed by atoms with Gasteiger partial charge >= 0.3 is 0 Å². The van der Waals surface area contributed by atoms with Gasteiger partial charge in [0, 0.05) is 23.9 Å². The molecule has 2 aromatic rings. The lowest BCUT2D eigenvalue weighted by Gasteiger charge is -2.10. The van der Waals surface area contributed by atoms with Gasteiger partial charge in [0.2, 0.25) is 0 Å². The summed E-state index contributed by atoms with van der Waals surface area (Å²) in [6.45, 7) is 2.26. The van der Waals surface area contributed by atoms with Gasteiger partial charge < -0.3 is 5.32 Å². The summed E-state index contributed by atoms with van der Waals surface area (Å²) in [4.78, 5) is 4.32. The Balaban J connectivity index is 2.06. The van der Waals surface area contributed by atoms with Crippen molar-refractivity contribution < 1.29 is 8.42 Å². The lowest BCUT2D eigenvalue weighted by molar-refractivity contribution is 0.595. The minimum Gasteiger partial charge on any atom is -0.383 e. The van der Waals surface area contributed by atoms with Crippen LogP contribution in [0.2, 0.25) is 5.02 Å². The molecule has 20 heavy (non-hydrogen) atoms. The number of halogens is 1. The van der Waals surface area contributed by atoms with Gasteiger partial charge in [0.15, 0.2) is 0 Å². The average molecular weight is 313 g/mol. The Bertz CT molecular complexity index is 701. The second-order valence-electron chi connectivity index (χ2n) is 4.51. The van der Waals surface area contributed by atoms with Gasteiger partial charge in [0.25, 0.3) is 0 Å². The minimum atomic E-state index is -2.90. The number of rotatable bonds is 6. The molecule has 108 valence electrons. The van der Waals surface area contributed by atoms with Crippen LogP contribution in [0.4, 0.5) is 5.69 Å². The van der Waals surface area contributed by atoms with Crippen LogP contribution in [0.3, 0.4) is 0 Å². The number of sulfone groups is 1. The second-order valence-corrected chi connectivity index (χ2v) is 7.39. The molecule has 1 N–H and O–H groups in total. The SMILES string of the molecule is CCS(=O)(=O)CCCNc1ccc(Cl)c2cccnc12. The van der Waals surface area contributed by atoms with Crippen LogP contribution in [-0.4, -0.2) is 31.5 Å². The van der Waals surface area contributed by atoms with Crippen molar-refractivity contribution in [1.82, 2.24) is 4.98 Å². The molecule has 6 heteroatoms. The van der Waals surface area contributed by atoms with E-state index in [0.29, 0.717) is 18.0 Å². The lowest BCUT2D eigenvalue weighted by atomic mass is 10.2. The Morgan fingerprint density at radius 3 is 2.85 bits per heavy atom. The Kier molecular flexibility index (Phi) is 4.83. The van der Waals surface area contributed by atoms with E-state index in [1.54, 1.807) is 13.1 Å². The fourth-order valence-corrected chi connectivity index (χ4v) is 3.03. The number of nitrogens with zero attached hydrogens (tertiary/aromatic N) is 1. The predicted octanol–water partition coefficient (Wildman–Crippen LogP) is 3.12. The smallest absolute Gasteiger partial charge is 0.150 e. The van der Waals surface area contributed by atoms with Gasteiger partial charge in [-0.05, 0) is 30.7 Å². The maximum Gasteiger partial charge on any atom is 0.150 e. The molecule has 0 saturated carbocycles. The summed E-state index contributed by atoms with van der Waals surface area (Å²) in [5.74, 6) is 0.397. The summed E-state index contributed by atoms with van der Waals surface area (Å²) in [6.07, 6.45) is 2.29. The van der Waals surface area contributed by atoms with E-state index < -0.39 is 9.84 Å². The summed E-state index contributed by atoms with van der Waals surface area (Å²) < 4.78 is 22.8. The predicted molar refractivity (Wildman–Crippen MR) is 84.2 cm³/mol. The topological polar surface area (TPSA) is 59.1 Å². The summed E-state index contributed by atoms with van der Waals surface area (Å²) >= 11 is 6.12. The summed E-state index contributed by atoms with van der Waals surface area (Å²) in [7, 11) is -2.90. The third-order valence-electron chi connectivity index (χ3n) is 3.10. The van der Waals surface area contributed by atoms with Crippen LogP contribution in [0.5, 0.6) is 0 Å². The van der Waals surface area contributed by atoms with Crippen molar-refractivity contribution in [1.29, 1.82) is 0 Å². The van der Waals surface area contributed by atoms with Crippen LogP contribution in [0.15, 0.2) is 30.5 Å². The highest BCUT2D eigenvalue weighted by Crippen LogP contribution is 2.27. The first kappa shape index (κ1) is 15.1.